The lowest BCUT2D eigenvalue weighted by Gasteiger charge is -2.32. The Morgan fingerprint density at radius 2 is 2.05 bits per heavy atom. The Morgan fingerprint density at radius 1 is 1.32 bits per heavy atom. The Labute approximate surface area is 129 Å². The van der Waals surface area contributed by atoms with Crippen molar-refractivity contribution in [1.82, 2.24) is 15.0 Å². The normalized spacial score (nSPS) is 19.1. The molecule has 2 unspecified atom stereocenters. The van der Waals surface area contributed by atoms with Gasteiger partial charge in [-0.05, 0) is 17.5 Å². The van der Waals surface area contributed by atoms with E-state index in [0.717, 1.165) is 17.7 Å². The van der Waals surface area contributed by atoms with Gasteiger partial charge in [-0.3, -0.25) is 4.79 Å². The summed E-state index contributed by atoms with van der Waals surface area (Å²) in [6.45, 7) is 4.75. The molecule has 22 heavy (non-hydrogen) atoms. The fourth-order valence-electron chi connectivity index (χ4n) is 2.78. The van der Waals surface area contributed by atoms with Crippen LogP contribution in [0.15, 0.2) is 36.9 Å². The average Bonchev–Trinajstić information content (AvgIpc) is 2.70. The van der Waals surface area contributed by atoms with Crippen molar-refractivity contribution in [3.63, 3.8) is 0 Å². The van der Waals surface area contributed by atoms with Crippen molar-refractivity contribution in [2.75, 3.05) is 10.2 Å². The number of amides is 1. The third kappa shape index (κ3) is 2.64. The first-order valence-corrected chi connectivity index (χ1v) is 7.48. The summed E-state index contributed by atoms with van der Waals surface area (Å²) in [7, 11) is 0. The minimum Gasteiger partial charge on any atom is -0.324 e. The average molecular weight is 297 g/mol. The molecule has 6 nitrogen and oxygen atoms in total. The van der Waals surface area contributed by atoms with Gasteiger partial charge in [-0.25, -0.2) is 15.0 Å². The Bertz CT molecular complexity index is 661. The number of para-hydroxylation sites is 1. The second-order valence-corrected chi connectivity index (χ2v) is 5.54. The number of nitrogens with one attached hydrogen (secondary N) is 1. The summed E-state index contributed by atoms with van der Waals surface area (Å²) in [4.78, 5) is 27.1. The quantitative estimate of drug-likeness (QED) is 0.940. The van der Waals surface area contributed by atoms with E-state index >= 15 is 0 Å². The van der Waals surface area contributed by atoms with Crippen LogP contribution in [-0.2, 0) is 11.3 Å². The molecule has 2 aromatic rings. The number of benzene rings is 1. The molecule has 1 aromatic heterocycles. The van der Waals surface area contributed by atoms with Gasteiger partial charge in [0.15, 0.2) is 0 Å². The van der Waals surface area contributed by atoms with Crippen LogP contribution >= 0.6 is 0 Å². The van der Waals surface area contributed by atoms with Gasteiger partial charge in [-0.2, -0.15) is 0 Å². The van der Waals surface area contributed by atoms with Gasteiger partial charge in [0, 0.05) is 12.2 Å². The molecule has 0 radical (unpaired) electrons. The third-order valence-corrected chi connectivity index (χ3v) is 4.14. The summed E-state index contributed by atoms with van der Waals surface area (Å²) in [5.41, 5.74) is 1.92. The zero-order valence-electron chi connectivity index (χ0n) is 12.7. The van der Waals surface area contributed by atoms with E-state index in [0.29, 0.717) is 12.5 Å². The number of anilines is 2. The SMILES string of the molecule is CCC(C)C1C(=O)Nc2ccccc2CN1c1ncncn1. The summed E-state index contributed by atoms with van der Waals surface area (Å²) in [5.74, 6) is 0.706. The maximum atomic E-state index is 12.7. The molecular formula is C16H19N5O. The van der Waals surface area contributed by atoms with E-state index in [1.165, 1.54) is 12.7 Å². The lowest BCUT2D eigenvalue weighted by atomic mass is 9.97. The van der Waals surface area contributed by atoms with Crippen molar-refractivity contribution < 1.29 is 4.79 Å². The molecule has 1 aliphatic heterocycles. The zero-order chi connectivity index (χ0) is 15.5. The van der Waals surface area contributed by atoms with Gasteiger partial charge in [0.25, 0.3) is 0 Å². The van der Waals surface area contributed by atoms with Crippen molar-refractivity contribution >= 4 is 17.5 Å². The molecule has 3 rings (SSSR count). The van der Waals surface area contributed by atoms with Gasteiger partial charge in [0.2, 0.25) is 11.9 Å². The molecule has 0 fully saturated rings. The van der Waals surface area contributed by atoms with E-state index in [2.05, 4.69) is 34.1 Å². The number of nitrogens with zero attached hydrogens (tertiary/aromatic N) is 4. The largest absolute Gasteiger partial charge is 0.324 e. The van der Waals surface area contributed by atoms with Crippen LogP contribution in [0, 0.1) is 5.92 Å². The molecule has 114 valence electrons. The number of carbonyl (C=O) groups excluding carboxylic acids is 1. The molecule has 0 saturated heterocycles. The van der Waals surface area contributed by atoms with Crippen molar-refractivity contribution in [2.45, 2.75) is 32.9 Å². The lowest BCUT2D eigenvalue weighted by Crippen LogP contribution is -2.47. The highest BCUT2D eigenvalue weighted by atomic mass is 16.2. The molecule has 1 aromatic carbocycles. The van der Waals surface area contributed by atoms with Crippen LogP contribution in [0.3, 0.4) is 0 Å². The molecule has 0 aliphatic carbocycles. The van der Waals surface area contributed by atoms with E-state index < -0.39 is 0 Å². The van der Waals surface area contributed by atoms with Crippen LogP contribution < -0.4 is 10.2 Å². The smallest absolute Gasteiger partial charge is 0.247 e. The summed E-state index contributed by atoms with van der Waals surface area (Å²) >= 11 is 0. The number of carbonyl (C=O) groups is 1. The summed E-state index contributed by atoms with van der Waals surface area (Å²) < 4.78 is 0. The molecule has 6 heteroatoms. The number of hydrogen-bond acceptors (Lipinski definition) is 5. The van der Waals surface area contributed by atoms with Gasteiger partial charge in [-0.15, -0.1) is 0 Å². The number of rotatable bonds is 3. The Kier molecular flexibility index (Phi) is 4.00. The van der Waals surface area contributed by atoms with Gasteiger partial charge in [0.05, 0.1) is 0 Å². The monoisotopic (exact) mass is 297 g/mol. The summed E-state index contributed by atoms with van der Waals surface area (Å²) in [5, 5.41) is 3.04. The minimum absolute atomic E-state index is 0.0142. The predicted octanol–water partition coefficient (Wildman–Crippen LogP) is 2.25. The van der Waals surface area contributed by atoms with Crippen LogP contribution in [0.4, 0.5) is 11.6 Å². The summed E-state index contributed by atoms with van der Waals surface area (Å²) in [6.07, 6.45) is 3.82. The maximum Gasteiger partial charge on any atom is 0.247 e. The molecule has 1 amide bonds. The van der Waals surface area contributed by atoms with Crippen LogP contribution in [0.25, 0.3) is 0 Å². The van der Waals surface area contributed by atoms with Crippen molar-refractivity contribution in [1.29, 1.82) is 0 Å². The van der Waals surface area contributed by atoms with Crippen molar-refractivity contribution in [2.24, 2.45) is 5.92 Å². The molecule has 0 bridgehead atoms. The first-order valence-electron chi connectivity index (χ1n) is 7.48. The van der Waals surface area contributed by atoms with Crippen molar-refractivity contribution in [3.8, 4) is 0 Å². The predicted molar refractivity (Wildman–Crippen MR) is 84.3 cm³/mol. The van der Waals surface area contributed by atoms with E-state index in [1.54, 1.807) is 0 Å². The molecule has 1 aliphatic rings. The van der Waals surface area contributed by atoms with Crippen LogP contribution in [0.2, 0.25) is 0 Å². The molecular weight excluding hydrogens is 278 g/mol. The Morgan fingerprint density at radius 3 is 2.77 bits per heavy atom. The van der Waals surface area contributed by atoms with Crippen molar-refractivity contribution in [3.05, 3.63) is 42.5 Å². The molecule has 0 saturated carbocycles. The number of hydrogen-bond donors (Lipinski definition) is 1. The number of fused-ring (bicyclic) bond motifs is 1. The highest BCUT2D eigenvalue weighted by Crippen LogP contribution is 2.29. The van der Waals surface area contributed by atoms with Crippen LogP contribution in [0.5, 0.6) is 0 Å². The van der Waals surface area contributed by atoms with E-state index in [9.17, 15) is 4.79 Å². The van der Waals surface area contributed by atoms with E-state index in [1.807, 2.05) is 29.2 Å². The first-order chi connectivity index (χ1) is 10.7. The lowest BCUT2D eigenvalue weighted by molar-refractivity contribution is -0.118. The van der Waals surface area contributed by atoms with Gasteiger partial charge in [-0.1, -0.05) is 38.5 Å². The summed E-state index contributed by atoms with van der Waals surface area (Å²) in [6, 6.07) is 7.54. The molecule has 2 heterocycles. The van der Waals surface area contributed by atoms with Crippen LogP contribution in [0.1, 0.15) is 25.8 Å². The molecule has 1 N–H and O–H groups in total. The standard InChI is InChI=1S/C16H19N5O/c1-3-11(2)14-15(22)20-13-7-5-4-6-12(13)8-21(14)16-18-9-17-10-19-16/h4-7,9-11,14H,3,8H2,1-2H3,(H,20,22). The van der Waals surface area contributed by atoms with Gasteiger partial charge < -0.3 is 10.2 Å². The third-order valence-electron chi connectivity index (χ3n) is 4.14. The first kappa shape index (κ1) is 14.4. The van der Waals surface area contributed by atoms with Gasteiger partial charge >= 0.3 is 0 Å². The second-order valence-electron chi connectivity index (χ2n) is 5.54. The number of aromatic nitrogens is 3. The fourth-order valence-corrected chi connectivity index (χ4v) is 2.78. The maximum absolute atomic E-state index is 12.7. The molecule has 2 atom stereocenters. The molecule has 0 spiro atoms. The second kappa shape index (κ2) is 6.09. The topological polar surface area (TPSA) is 71.0 Å². The van der Waals surface area contributed by atoms with E-state index in [4.69, 9.17) is 0 Å². The van der Waals surface area contributed by atoms with Gasteiger partial charge in [0.1, 0.15) is 18.7 Å². The highest BCUT2D eigenvalue weighted by Gasteiger charge is 2.35. The van der Waals surface area contributed by atoms with Crippen LogP contribution in [-0.4, -0.2) is 26.9 Å². The fraction of sp³-hybridized carbons (Fsp3) is 0.375. The Balaban J connectivity index is 2.07. The van der Waals surface area contributed by atoms with E-state index in [-0.39, 0.29) is 17.9 Å². The highest BCUT2D eigenvalue weighted by molar-refractivity contribution is 5.98. The minimum atomic E-state index is -0.306. The zero-order valence-corrected chi connectivity index (χ0v) is 12.7. The Hall–Kier alpha value is -2.50.